The predicted octanol–water partition coefficient (Wildman–Crippen LogP) is 4.69. The zero-order chi connectivity index (χ0) is 25.8. The van der Waals surface area contributed by atoms with E-state index in [0.29, 0.717) is 29.2 Å². The summed E-state index contributed by atoms with van der Waals surface area (Å²) in [6.07, 6.45) is 0.484. The number of nitrogens with zero attached hydrogens (tertiary/aromatic N) is 1. The molecule has 36 heavy (non-hydrogen) atoms. The minimum Gasteiger partial charge on any atom is -0.507 e. The van der Waals surface area contributed by atoms with Crippen LogP contribution in [0.15, 0.2) is 72.3 Å². The van der Waals surface area contributed by atoms with Crippen LogP contribution in [0.4, 0.5) is 0 Å². The van der Waals surface area contributed by atoms with Crippen LogP contribution in [0.3, 0.4) is 0 Å². The van der Waals surface area contributed by atoms with E-state index in [1.54, 1.807) is 45.6 Å². The maximum absolute atomic E-state index is 13.2. The van der Waals surface area contributed by atoms with Crippen LogP contribution in [0.2, 0.25) is 0 Å². The molecule has 1 N–H and O–H groups in total. The molecule has 0 saturated carbocycles. The average molecular weight is 488 g/mol. The lowest BCUT2D eigenvalue weighted by atomic mass is 9.94. The summed E-state index contributed by atoms with van der Waals surface area (Å²) in [6.45, 7) is 2.24. The fourth-order valence-electron chi connectivity index (χ4n) is 4.40. The van der Waals surface area contributed by atoms with Gasteiger partial charge in [-0.15, -0.1) is 0 Å². The minimum atomic E-state index is -0.715. The van der Waals surface area contributed by atoms with Crippen molar-refractivity contribution in [2.75, 3.05) is 27.9 Å². The molecule has 3 aromatic rings. The fourth-order valence-corrected chi connectivity index (χ4v) is 4.40. The number of carbonyl (C=O) groups excluding carboxylic acids is 2. The number of ketones is 1. The van der Waals surface area contributed by atoms with Crippen molar-refractivity contribution in [3.8, 4) is 17.2 Å². The number of aliphatic hydroxyl groups is 1. The number of carbonyl (C=O) groups is 2. The molecule has 186 valence electrons. The molecule has 1 atom stereocenters. The SMILES string of the molecule is COc1ccc(/C(O)=C2\C(=O)C(=O)N(CCc3ccc(OC)c(OC)c3)C2c2ccc(C)cc2)cc1. The number of methoxy groups -OCH3 is 3. The van der Waals surface area contributed by atoms with Gasteiger partial charge < -0.3 is 24.2 Å². The van der Waals surface area contributed by atoms with E-state index in [2.05, 4.69) is 0 Å². The monoisotopic (exact) mass is 487 g/mol. The van der Waals surface area contributed by atoms with Crippen molar-refractivity contribution in [1.82, 2.24) is 4.90 Å². The number of Topliss-reactive ketones (excluding diaryl/α,β-unsaturated/α-hetero) is 1. The summed E-state index contributed by atoms with van der Waals surface area (Å²) < 4.78 is 15.9. The van der Waals surface area contributed by atoms with Crippen molar-refractivity contribution in [2.24, 2.45) is 0 Å². The molecule has 7 heteroatoms. The van der Waals surface area contributed by atoms with E-state index >= 15 is 0 Å². The highest BCUT2D eigenvalue weighted by Crippen LogP contribution is 2.40. The van der Waals surface area contributed by atoms with Gasteiger partial charge in [-0.25, -0.2) is 0 Å². The second-order valence-corrected chi connectivity index (χ2v) is 8.57. The van der Waals surface area contributed by atoms with Gasteiger partial charge in [-0.2, -0.15) is 0 Å². The van der Waals surface area contributed by atoms with Crippen LogP contribution >= 0.6 is 0 Å². The fraction of sp³-hybridized carbons (Fsp3) is 0.241. The van der Waals surface area contributed by atoms with E-state index in [0.717, 1.165) is 16.7 Å². The van der Waals surface area contributed by atoms with E-state index in [1.807, 2.05) is 49.4 Å². The summed E-state index contributed by atoms with van der Waals surface area (Å²) in [5.74, 6) is 0.261. The summed E-state index contributed by atoms with van der Waals surface area (Å²) >= 11 is 0. The molecular weight excluding hydrogens is 458 g/mol. The second-order valence-electron chi connectivity index (χ2n) is 8.57. The molecule has 0 radical (unpaired) electrons. The molecule has 1 amide bonds. The quantitative estimate of drug-likeness (QED) is 0.282. The van der Waals surface area contributed by atoms with Crippen molar-refractivity contribution in [3.05, 3.63) is 94.6 Å². The average Bonchev–Trinajstić information content (AvgIpc) is 3.16. The Balaban J connectivity index is 1.73. The number of likely N-dealkylation sites (tertiary alicyclic amines) is 1. The summed E-state index contributed by atoms with van der Waals surface area (Å²) in [5.41, 5.74) is 3.23. The molecule has 1 fully saturated rings. The van der Waals surface area contributed by atoms with Gasteiger partial charge in [0, 0.05) is 12.1 Å². The van der Waals surface area contributed by atoms with Gasteiger partial charge in [-0.3, -0.25) is 9.59 Å². The lowest BCUT2D eigenvalue weighted by Crippen LogP contribution is -2.31. The molecule has 1 aliphatic rings. The molecular formula is C29H29NO6. The summed E-state index contributed by atoms with van der Waals surface area (Å²) in [6, 6.07) is 19.2. The molecule has 1 heterocycles. The van der Waals surface area contributed by atoms with Gasteiger partial charge in [0.1, 0.15) is 11.5 Å². The first-order chi connectivity index (χ1) is 17.4. The van der Waals surface area contributed by atoms with Gasteiger partial charge in [-0.1, -0.05) is 35.9 Å². The topological polar surface area (TPSA) is 85.3 Å². The molecule has 1 saturated heterocycles. The lowest BCUT2D eigenvalue weighted by Gasteiger charge is -2.25. The number of aliphatic hydroxyl groups excluding tert-OH is 1. The molecule has 3 aromatic carbocycles. The molecule has 7 nitrogen and oxygen atoms in total. The number of rotatable bonds is 8. The van der Waals surface area contributed by atoms with Crippen LogP contribution < -0.4 is 14.2 Å². The molecule has 0 bridgehead atoms. The van der Waals surface area contributed by atoms with Crippen LogP contribution in [0.25, 0.3) is 5.76 Å². The number of amides is 1. The Morgan fingerprint density at radius 1 is 0.861 bits per heavy atom. The highest BCUT2D eigenvalue weighted by molar-refractivity contribution is 6.46. The molecule has 1 aliphatic heterocycles. The molecule has 4 rings (SSSR count). The number of benzene rings is 3. The Hall–Kier alpha value is -4.26. The number of hydrogen-bond donors (Lipinski definition) is 1. The van der Waals surface area contributed by atoms with Gasteiger partial charge >= 0.3 is 0 Å². The maximum Gasteiger partial charge on any atom is 0.295 e. The van der Waals surface area contributed by atoms with Crippen LogP contribution in [-0.2, 0) is 16.0 Å². The van der Waals surface area contributed by atoms with Crippen molar-refractivity contribution in [3.63, 3.8) is 0 Å². The smallest absolute Gasteiger partial charge is 0.295 e. The van der Waals surface area contributed by atoms with Gasteiger partial charge in [-0.05, 0) is 60.9 Å². The Morgan fingerprint density at radius 2 is 1.53 bits per heavy atom. The van der Waals surface area contributed by atoms with Gasteiger partial charge in [0.2, 0.25) is 0 Å². The summed E-state index contributed by atoms with van der Waals surface area (Å²) in [5, 5.41) is 11.2. The second kappa shape index (κ2) is 10.6. The molecule has 0 spiro atoms. The zero-order valence-electron chi connectivity index (χ0n) is 20.8. The van der Waals surface area contributed by atoms with Crippen molar-refractivity contribution >= 4 is 17.4 Å². The third-order valence-corrected chi connectivity index (χ3v) is 6.39. The zero-order valence-corrected chi connectivity index (χ0v) is 20.8. The highest BCUT2D eigenvalue weighted by atomic mass is 16.5. The number of hydrogen-bond acceptors (Lipinski definition) is 6. The third-order valence-electron chi connectivity index (χ3n) is 6.39. The number of ether oxygens (including phenoxy) is 3. The molecule has 1 unspecified atom stereocenters. The molecule has 0 aromatic heterocycles. The number of aryl methyl sites for hydroxylation is 1. The van der Waals surface area contributed by atoms with Crippen LogP contribution in [-0.4, -0.2) is 49.6 Å². The Kier molecular flexibility index (Phi) is 7.29. The highest BCUT2D eigenvalue weighted by Gasteiger charge is 2.45. The Labute approximate surface area is 210 Å². The van der Waals surface area contributed by atoms with Crippen LogP contribution in [0.5, 0.6) is 17.2 Å². The van der Waals surface area contributed by atoms with E-state index < -0.39 is 17.7 Å². The van der Waals surface area contributed by atoms with Crippen LogP contribution in [0, 0.1) is 6.92 Å². The Bertz CT molecular complexity index is 1290. The first-order valence-corrected chi connectivity index (χ1v) is 11.6. The van der Waals surface area contributed by atoms with Crippen LogP contribution in [0.1, 0.15) is 28.3 Å². The first-order valence-electron chi connectivity index (χ1n) is 11.6. The van der Waals surface area contributed by atoms with Crippen molar-refractivity contribution in [1.29, 1.82) is 0 Å². The summed E-state index contributed by atoms with van der Waals surface area (Å²) in [7, 11) is 4.69. The largest absolute Gasteiger partial charge is 0.507 e. The minimum absolute atomic E-state index is 0.0707. The van der Waals surface area contributed by atoms with E-state index in [4.69, 9.17) is 14.2 Å². The van der Waals surface area contributed by atoms with E-state index in [9.17, 15) is 14.7 Å². The lowest BCUT2D eigenvalue weighted by molar-refractivity contribution is -0.139. The van der Waals surface area contributed by atoms with Crippen molar-refractivity contribution < 1.29 is 28.9 Å². The van der Waals surface area contributed by atoms with Crippen molar-refractivity contribution in [2.45, 2.75) is 19.4 Å². The van der Waals surface area contributed by atoms with E-state index in [-0.39, 0.29) is 17.9 Å². The standard InChI is InChI=1S/C29H29NO6/c1-18-5-8-20(9-6-18)26-25(27(31)21-10-12-22(34-2)13-11-21)28(32)29(33)30(26)16-15-19-7-14-23(35-3)24(17-19)36-4/h5-14,17,26,31H,15-16H2,1-4H3/b27-25+. The molecule has 0 aliphatic carbocycles. The maximum atomic E-state index is 13.2. The summed E-state index contributed by atoms with van der Waals surface area (Å²) in [4.78, 5) is 28.0. The van der Waals surface area contributed by atoms with Gasteiger partial charge in [0.25, 0.3) is 11.7 Å². The normalized spacial score (nSPS) is 16.8. The predicted molar refractivity (Wildman–Crippen MR) is 136 cm³/mol. The Morgan fingerprint density at radius 3 is 2.14 bits per heavy atom. The van der Waals surface area contributed by atoms with Gasteiger partial charge in [0.15, 0.2) is 11.5 Å². The van der Waals surface area contributed by atoms with E-state index in [1.165, 1.54) is 4.90 Å². The third kappa shape index (κ3) is 4.77. The van der Waals surface area contributed by atoms with Gasteiger partial charge in [0.05, 0.1) is 32.9 Å². The first kappa shape index (κ1) is 24.9.